The number of nitrogen functional groups attached to an aromatic ring is 1. The van der Waals surface area contributed by atoms with Crippen molar-refractivity contribution in [3.8, 4) is 11.5 Å². The Morgan fingerprint density at radius 3 is 2.58 bits per heavy atom. The first-order valence-electron chi connectivity index (χ1n) is 5.49. The van der Waals surface area contributed by atoms with Crippen molar-refractivity contribution in [2.45, 2.75) is 6.42 Å². The summed E-state index contributed by atoms with van der Waals surface area (Å²) >= 11 is 11.6. The van der Waals surface area contributed by atoms with Gasteiger partial charge in [0.05, 0.1) is 31.5 Å². The number of rotatable bonds is 6. The molecule has 1 rings (SSSR count). The van der Waals surface area contributed by atoms with Crippen molar-refractivity contribution >= 4 is 34.9 Å². The molecule has 0 saturated heterocycles. The lowest BCUT2D eigenvalue weighted by Crippen LogP contribution is -2.11. The second-order valence-corrected chi connectivity index (χ2v) is 4.35. The van der Waals surface area contributed by atoms with Crippen LogP contribution in [0.4, 0.5) is 5.69 Å². The Balaban J connectivity index is 3.28. The second kappa shape index (κ2) is 7.31. The summed E-state index contributed by atoms with van der Waals surface area (Å²) < 4.78 is 15.3. The summed E-state index contributed by atoms with van der Waals surface area (Å²) in [6.45, 7) is 0.322. The molecule has 0 atom stereocenters. The third kappa shape index (κ3) is 3.58. The van der Waals surface area contributed by atoms with Crippen molar-refractivity contribution in [1.82, 2.24) is 0 Å². The maximum atomic E-state index is 11.8. The van der Waals surface area contributed by atoms with Crippen LogP contribution < -0.4 is 15.2 Å². The molecule has 0 aliphatic carbocycles. The van der Waals surface area contributed by atoms with E-state index in [-0.39, 0.29) is 27.8 Å². The molecule has 106 valence electrons. The smallest absolute Gasteiger partial charge is 0.345 e. The molecule has 2 N–H and O–H groups in total. The van der Waals surface area contributed by atoms with Gasteiger partial charge < -0.3 is 19.9 Å². The maximum Gasteiger partial charge on any atom is 0.345 e. The molecular weight excluding hydrogens is 293 g/mol. The summed E-state index contributed by atoms with van der Waals surface area (Å²) in [5.41, 5.74) is 6.13. The molecule has 0 amide bonds. The van der Waals surface area contributed by atoms with E-state index in [9.17, 15) is 4.79 Å². The van der Waals surface area contributed by atoms with Crippen LogP contribution in [0.25, 0.3) is 0 Å². The van der Waals surface area contributed by atoms with Gasteiger partial charge in [0.2, 0.25) is 0 Å². The molecule has 7 heteroatoms. The van der Waals surface area contributed by atoms with Gasteiger partial charge in [-0.1, -0.05) is 11.6 Å². The molecule has 19 heavy (non-hydrogen) atoms. The fraction of sp³-hybridized carbons (Fsp3) is 0.417. The summed E-state index contributed by atoms with van der Waals surface area (Å²) in [6, 6.07) is 1.46. The van der Waals surface area contributed by atoms with Crippen LogP contribution in [-0.4, -0.2) is 32.7 Å². The van der Waals surface area contributed by atoms with Gasteiger partial charge in [-0.2, -0.15) is 0 Å². The van der Waals surface area contributed by atoms with Crippen LogP contribution in [0.15, 0.2) is 6.07 Å². The van der Waals surface area contributed by atoms with Crippen molar-refractivity contribution in [1.29, 1.82) is 0 Å². The Labute approximate surface area is 121 Å². The maximum absolute atomic E-state index is 11.8. The Bertz CT molecular complexity index is 466. The molecule has 1 aromatic carbocycles. The Kier molecular flexibility index (Phi) is 6.05. The molecule has 0 fully saturated rings. The highest BCUT2D eigenvalue weighted by molar-refractivity contribution is 6.33. The third-order valence-electron chi connectivity index (χ3n) is 2.33. The lowest BCUT2D eigenvalue weighted by molar-refractivity contribution is 0.0592. The van der Waals surface area contributed by atoms with E-state index in [2.05, 4.69) is 0 Å². The van der Waals surface area contributed by atoms with Crippen LogP contribution in [0, 0.1) is 0 Å². The van der Waals surface area contributed by atoms with Crippen molar-refractivity contribution in [2.24, 2.45) is 0 Å². The number of anilines is 1. The number of hydrogen-bond acceptors (Lipinski definition) is 5. The van der Waals surface area contributed by atoms with E-state index in [1.54, 1.807) is 0 Å². The number of ether oxygens (including phenoxy) is 3. The van der Waals surface area contributed by atoms with Gasteiger partial charge in [-0.05, 0) is 12.5 Å². The number of hydrogen-bond donors (Lipinski definition) is 1. The lowest BCUT2D eigenvalue weighted by atomic mass is 10.1. The van der Waals surface area contributed by atoms with Gasteiger partial charge in [-0.15, -0.1) is 11.6 Å². The summed E-state index contributed by atoms with van der Waals surface area (Å²) in [6.07, 6.45) is 0.618. The van der Waals surface area contributed by atoms with Crippen molar-refractivity contribution < 1.29 is 19.0 Å². The average molecular weight is 308 g/mol. The molecule has 0 aliphatic rings. The number of methoxy groups -OCH3 is 2. The second-order valence-electron chi connectivity index (χ2n) is 3.57. The minimum Gasteiger partial charge on any atom is -0.494 e. The molecule has 0 unspecified atom stereocenters. The van der Waals surface area contributed by atoms with Gasteiger partial charge in [0.1, 0.15) is 5.56 Å². The normalized spacial score (nSPS) is 10.1. The lowest BCUT2D eigenvalue weighted by Gasteiger charge is -2.16. The third-order valence-corrected chi connectivity index (χ3v) is 2.88. The fourth-order valence-corrected chi connectivity index (χ4v) is 1.90. The molecular formula is C12H15Cl2NO4. The van der Waals surface area contributed by atoms with Crippen LogP contribution in [0.2, 0.25) is 5.02 Å². The first-order valence-corrected chi connectivity index (χ1v) is 6.41. The number of alkyl halides is 1. The van der Waals surface area contributed by atoms with Gasteiger partial charge in [-0.25, -0.2) is 4.79 Å². The number of halogens is 2. The standard InChI is InChI=1S/C12H15Cl2NO4/c1-17-10-7(14)6-8(15)11(19-5-3-4-13)9(10)12(16)18-2/h6H,3-5,15H2,1-2H3. The van der Waals surface area contributed by atoms with E-state index in [1.807, 2.05) is 0 Å². The Morgan fingerprint density at radius 2 is 2.05 bits per heavy atom. The monoisotopic (exact) mass is 307 g/mol. The highest BCUT2D eigenvalue weighted by Gasteiger charge is 2.25. The van der Waals surface area contributed by atoms with E-state index >= 15 is 0 Å². The number of carbonyl (C=O) groups excluding carboxylic acids is 1. The Morgan fingerprint density at radius 1 is 1.37 bits per heavy atom. The van der Waals surface area contributed by atoms with E-state index in [0.717, 1.165) is 0 Å². The molecule has 1 aromatic rings. The average Bonchev–Trinajstić information content (AvgIpc) is 2.39. The quantitative estimate of drug-likeness (QED) is 0.379. The molecule has 0 saturated carbocycles. The molecule has 0 bridgehead atoms. The van der Waals surface area contributed by atoms with Crippen LogP contribution in [0.1, 0.15) is 16.8 Å². The summed E-state index contributed by atoms with van der Waals surface area (Å²) in [5.74, 6) is 0.173. The van der Waals surface area contributed by atoms with Crippen molar-refractivity contribution in [2.75, 3.05) is 32.4 Å². The zero-order valence-electron chi connectivity index (χ0n) is 10.7. The van der Waals surface area contributed by atoms with Crippen LogP contribution >= 0.6 is 23.2 Å². The van der Waals surface area contributed by atoms with Crippen LogP contribution in [0.5, 0.6) is 11.5 Å². The zero-order valence-corrected chi connectivity index (χ0v) is 12.2. The van der Waals surface area contributed by atoms with E-state index in [1.165, 1.54) is 20.3 Å². The SMILES string of the molecule is COC(=O)c1c(OCCCCl)c(N)cc(Cl)c1OC. The minimum absolute atomic E-state index is 0.0737. The number of carbonyl (C=O) groups is 1. The molecule has 0 heterocycles. The van der Waals surface area contributed by atoms with E-state index < -0.39 is 5.97 Å². The summed E-state index contributed by atoms with van der Waals surface area (Å²) in [7, 11) is 2.65. The molecule has 0 radical (unpaired) electrons. The van der Waals surface area contributed by atoms with Gasteiger partial charge in [0.15, 0.2) is 11.5 Å². The van der Waals surface area contributed by atoms with Crippen molar-refractivity contribution in [3.05, 3.63) is 16.7 Å². The van der Waals surface area contributed by atoms with Crippen molar-refractivity contribution in [3.63, 3.8) is 0 Å². The highest BCUT2D eigenvalue weighted by atomic mass is 35.5. The van der Waals surface area contributed by atoms with Gasteiger partial charge in [0.25, 0.3) is 0 Å². The Hall–Kier alpha value is -1.33. The first-order chi connectivity index (χ1) is 9.06. The van der Waals surface area contributed by atoms with Gasteiger partial charge >= 0.3 is 5.97 Å². The predicted octanol–water partition coefficient (Wildman–Crippen LogP) is 2.73. The topological polar surface area (TPSA) is 70.8 Å². The predicted molar refractivity (Wildman–Crippen MR) is 74.6 cm³/mol. The van der Waals surface area contributed by atoms with Gasteiger partial charge in [0, 0.05) is 5.88 Å². The van der Waals surface area contributed by atoms with Gasteiger partial charge in [-0.3, -0.25) is 0 Å². The minimum atomic E-state index is -0.632. The summed E-state index contributed by atoms with van der Waals surface area (Å²) in [4.78, 5) is 11.8. The fourth-order valence-electron chi connectivity index (χ4n) is 1.51. The number of nitrogens with two attached hydrogens (primary N) is 1. The largest absolute Gasteiger partial charge is 0.494 e. The molecule has 0 aromatic heterocycles. The number of benzene rings is 1. The summed E-state index contributed by atoms with van der Waals surface area (Å²) in [5, 5.41) is 0.213. The highest BCUT2D eigenvalue weighted by Crippen LogP contribution is 2.40. The van der Waals surface area contributed by atoms with E-state index in [0.29, 0.717) is 18.9 Å². The molecule has 0 spiro atoms. The van der Waals surface area contributed by atoms with Crippen LogP contribution in [-0.2, 0) is 4.74 Å². The van der Waals surface area contributed by atoms with E-state index in [4.69, 9.17) is 43.1 Å². The zero-order chi connectivity index (χ0) is 14.4. The molecule has 5 nitrogen and oxygen atoms in total. The molecule has 0 aliphatic heterocycles. The van der Waals surface area contributed by atoms with Crippen LogP contribution in [0.3, 0.4) is 0 Å². The number of esters is 1. The first kappa shape index (κ1) is 15.7.